The topological polar surface area (TPSA) is 66.8 Å². The van der Waals surface area contributed by atoms with Crippen LogP contribution in [0.2, 0.25) is 0 Å². The van der Waals surface area contributed by atoms with Gasteiger partial charge in [-0.3, -0.25) is 14.5 Å². The number of benzene rings is 3. The molecule has 1 aliphatic heterocycles. The average Bonchev–Trinajstić information content (AvgIpc) is 3.09. The van der Waals surface area contributed by atoms with E-state index in [1.807, 2.05) is 49.4 Å². The van der Waals surface area contributed by atoms with Gasteiger partial charge in [0.05, 0.1) is 18.2 Å². The highest BCUT2D eigenvalue weighted by Crippen LogP contribution is 2.42. The quantitative estimate of drug-likeness (QED) is 0.266. The first-order chi connectivity index (χ1) is 15.5. The molecular weight excluding hydrogens is 470 g/mol. The van der Waals surface area contributed by atoms with Crippen LogP contribution in [0.15, 0.2) is 88.9 Å². The molecule has 5 nitrogen and oxygen atoms in total. The standard InChI is InChI=1S/C26H22BrNO4/c1-2-16-32-21-14-8-18(9-15-21)24(29)22-23(17-6-4-3-5-7-17)28(26(31)25(22)30)20-12-10-19(27)11-13-20/h3-15,23,29H,2,16H2,1H3/b24-22+. The summed E-state index contributed by atoms with van der Waals surface area (Å²) in [6.45, 7) is 2.62. The van der Waals surface area contributed by atoms with Crippen molar-refractivity contribution in [3.63, 3.8) is 0 Å². The van der Waals surface area contributed by atoms with Crippen LogP contribution in [0.25, 0.3) is 5.76 Å². The van der Waals surface area contributed by atoms with Gasteiger partial charge >= 0.3 is 0 Å². The Labute approximate surface area is 195 Å². The summed E-state index contributed by atoms with van der Waals surface area (Å²) in [5.74, 6) is -0.923. The highest BCUT2D eigenvalue weighted by atomic mass is 79.9. The lowest BCUT2D eigenvalue weighted by Crippen LogP contribution is -2.29. The number of anilines is 1. The Hall–Kier alpha value is -3.38. The average molecular weight is 492 g/mol. The van der Waals surface area contributed by atoms with Crippen LogP contribution in [0.5, 0.6) is 5.75 Å². The first kappa shape index (κ1) is 21.8. The molecule has 4 rings (SSSR count). The number of carbonyl (C=O) groups is 2. The van der Waals surface area contributed by atoms with Gasteiger partial charge in [0.2, 0.25) is 0 Å². The predicted molar refractivity (Wildman–Crippen MR) is 128 cm³/mol. The number of amides is 1. The van der Waals surface area contributed by atoms with Crippen LogP contribution in [0, 0.1) is 0 Å². The van der Waals surface area contributed by atoms with E-state index in [0.29, 0.717) is 23.6 Å². The van der Waals surface area contributed by atoms with Gasteiger partial charge in [0.1, 0.15) is 11.5 Å². The minimum Gasteiger partial charge on any atom is -0.507 e. The first-order valence-electron chi connectivity index (χ1n) is 10.4. The van der Waals surface area contributed by atoms with E-state index >= 15 is 0 Å². The van der Waals surface area contributed by atoms with E-state index in [4.69, 9.17) is 4.74 Å². The van der Waals surface area contributed by atoms with Crippen molar-refractivity contribution in [3.8, 4) is 5.75 Å². The van der Waals surface area contributed by atoms with Gasteiger partial charge in [0.15, 0.2) is 0 Å². The fraction of sp³-hybridized carbons (Fsp3) is 0.154. The highest BCUT2D eigenvalue weighted by Gasteiger charge is 2.46. The van der Waals surface area contributed by atoms with Crippen LogP contribution in [0.4, 0.5) is 5.69 Å². The molecule has 3 aromatic rings. The number of ketones is 1. The van der Waals surface area contributed by atoms with Crippen LogP contribution < -0.4 is 9.64 Å². The maximum Gasteiger partial charge on any atom is 0.300 e. The Kier molecular flexibility index (Phi) is 6.42. The minimum atomic E-state index is -0.742. The molecule has 3 aromatic carbocycles. The van der Waals surface area contributed by atoms with Crippen LogP contribution in [0.3, 0.4) is 0 Å². The molecule has 0 aromatic heterocycles. The summed E-state index contributed by atoms with van der Waals surface area (Å²) in [6, 6.07) is 22.5. The first-order valence-corrected chi connectivity index (χ1v) is 11.1. The Balaban J connectivity index is 1.82. The van der Waals surface area contributed by atoms with Crippen molar-refractivity contribution in [2.24, 2.45) is 0 Å². The third-order valence-electron chi connectivity index (χ3n) is 5.27. The number of ether oxygens (including phenoxy) is 1. The van der Waals surface area contributed by atoms with Gasteiger partial charge in [0.25, 0.3) is 11.7 Å². The number of hydrogen-bond acceptors (Lipinski definition) is 4. The number of aliphatic hydroxyl groups excluding tert-OH is 1. The fourth-order valence-electron chi connectivity index (χ4n) is 3.74. The molecule has 162 valence electrons. The second-order valence-electron chi connectivity index (χ2n) is 7.43. The number of Topliss-reactive ketones (excluding diaryl/α,β-unsaturated/α-hetero) is 1. The molecule has 0 spiro atoms. The van der Waals surface area contributed by atoms with Crippen molar-refractivity contribution in [2.75, 3.05) is 11.5 Å². The second kappa shape index (κ2) is 9.40. The highest BCUT2D eigenvalue weighted by molar-refractivity contribution is 9.10. The van der Waals surface area contributed by atoms with Gasteiger partial charge in [-0.25, -0.2) is 0 Å². The molecule has 1 fully saturated rings. The van der Waals surface area contributed by atoms with Crippen molar-refractivity contribution in [3.05, 3.63) is 100 Å². The molecule has 1 saturated heterocycles. The number of carbonyl (C=O) groups excluding carboxylic acids is 2. The molecule has 0 bridgehead atoms. The molecule has 1 atom stereocenters. The molecule has 32 heavy (non-hydrogen) atoms. The summed E-state index contributed by atoms with van der Waals surface area (Å²) in [6.07, 6.45) is 0.887. The molecule has 0 aliphatic carbocycles. The van der Waals surface area contributed by atoms with Crippen molar-refractivity contribution in [1.82, 2.24) is 0 Å². The zero-order chi connectivity index (χ0) is 22.7. The van der Waals surface area contributed by atoms with E-state index in [-0.39, 0.29) is 11.3 Å². The van der Waals surface area contributed by atoms with E-state index < -0.39 is 17.7 Å². The Morgan fingerprint density at radius 2 is 1.62 bits per heavy atom. The van der Waals surface area contributed by atoms with Gasteiger partial charge in [-0.15, -0.1) is 0 Å². The predicted octanol–water partition coefficient (Wildman–Crippen LogP) is 5.86. The van der Waals surface area contributed by atoms with E-state index in [2.05, 4.69) is 15.9 Å². The number of hydrogen-bond donors (Lipinski definition) is 1. The largest absolute Gasteiger partial charge is 0.507 e. The molecule has 1 aliphatic rings. The van der Waals surface area contributed by atoms with Crippen molar-refractivity contribution in [1.29, 1.82) is 0 Å². The molecular formula is C26H22BrNO4. The summed E-state index contributed by atoms with van der Waals surface area (Å²) in [7, 11) is 0. The number of rotatable bonds is 6. The lowest BCUT2D eigenvalue weighted by Gasteiger charge is -2.25. The van der Waals surface area contributed by atoms with Crippen molar-refractivity contribution >= 4 is 39.1 Å². The van der Waals surface area contributed by atoms with Gasteiger partial charge in [-0.05, 0) is 60.5 Å². The zero-order valence-electron chi connectivity index (χ0n) is 17.5. The van der Waals surface area contributed by atoms with Crippen molar-refractivity contribution in [2.45, 2.75) is 19.4 Å². The minimum absolute atomic E-state index is 0.0614. The summed E-state index contributed by atoms with van der Waals surface area (Å²) in [4.78, 5) is 27.7. The number of nitrogens with zero attached hydrogens (tertiary/aromatic N) is 1. The normalized spacial score (nSPS) is 17.6. The van der Waals surface area contributed by atoms with Crippen LogP contribution >= 0.6 is 15.9 Å². The molecule has 1 heterocycles. The monoisotopic (exact) mass is 491 g/mol. The van der Waals surface area contributed by atoms with Gasteiger partial charge in [-0.1, -0.05) is 53.2 Å². The van der Waals surface area contributed by atoms with E-state index in [1.54, 1.807) is 36.4 Å². The zero-order valence-corrected chi connectivity index (χ0v) is 19.1. The lowest BCUT2D eigenvalue weighted by molar-refractivity contribution is -0.132. The van der Waals surface area contributed by atoms with E-state index in [0.717, 1.165) is 16.5 Å². The van der Waals surface area contributed by atoms with Gasteiger partial charge in [-0.2, -0.15) is 0 Å². The Morgan fingerprint density at radius 1 is 0.969 bits per heavy atom. The molecule has 1 amide bonds. The summed E-state index contributed by atoms with van der Waals surface area (Å²) in [5.41, 5.74) is 1.82. The summed E-state index contributed by atoms with van der Waals surface area (Å²) >= 11 is 3.40. The van der Waals surface area contributed by atoms with E-state index in [9.17, 15) is 14.7 Å². The Morgan fingerprint density at radius 3 is 2.25 bits per heavy atom. The van der Waals surface area contributed by atoms with Crippen LogP contribution in [-0.4, -0.2) is 23.4 Å². The third kappa shape index (κ3) is 4.18. The maximum atomic E-state index is 13.1. The maximum absolute atomic E-state index is 13.1. The summed E-state index contributed by atoms with van der Waals surface area (Å²) < 4.78 is 6.46. The molecule has 1 unspecified atom stereocenters. The van der Waals surface area contributed by atoms with Crippen LogP contribution in [-0.2, 0) is 9.59 Å². The van der Waals surface area contributed by atoms with Gasteiger partial charge in [0, 0.05) is 15.7 Å². The van der Waals surface area contributed by atoms with Crippen molar-refractivity contribution < 1.29 is 19.4 Å². The smallest absolute Gasteiger partial charge is 0.300 e. The SMILES string of the molecule is CCCOc1ccc(/C(O)=C2\C(=O)C(=O)N(c3ccc(Br)cc3)C2c2ccccc2)cc1. The number of aliphatic hydroxyl groups is 1. The van der Waals surface area contributed by atoms with Gasteiger partial charge < -0.3 is 9.84 Å². The molecule has 0 radical (unpaired) electrons. The Bertz CT molecular complexity index is 1150. The second-order valence-corrected chi connectivity index (χ2v) is 8.34. The molecule has 0 saturated carbocycles. The molecule has 1 N–H and O–H groups in total. The van der Waals surface area contributed by atoms with E-state index in [1.165, 1.54) is 4.90 Å². The number of halogens is 1. The third-order valence-corrected chi connectivity index (χ3v) is 5.79. The lowest BCUT2D eigenvalue weighted by atomic mass is 9.95. The van der Waals surface area contributed by atoms with Crippen LogP contribution in [0.1, 0.15) is 30.5 Å². The fourth-order valence-corrected chi connectivity index (χ4v) is 4.00. The summed E-state index contributed by atoms with van der Waals surface area (Å²) in [5, 5.41) is 11.1. The molecule has 6 heteroatoms.